The zero-order chi connectivity index (χ0) is 26.9. The third kappa shape index (κ3) is 3.22. The molecule has 1 aliphatic carbocycles. The van der Waals surface area contributed by atoms with Crippen molar-refractivity contribution < 1.29 is 14.4 Å². The summed E-state index contributed by atoms with van der Waals surface area (Å²) < 4.78 is 0. The number of nitrogens with zero attached hydrogens (tertiary/aromatic N) is 1. The van der Waals surface area contributed by atoms with E-state index in [-0.39, 0.29) is 17.3 Å². The summed E-state index contributed by atoms with van der Waals surface area (Å²) in [7, 11) is 0. The van der Waals surface area contributed by atoms with Crippen molar-refractivity contribution in [3.8, 4) is 0 Å². The number of rotatable bonds is 3. The minimum atomic E-state index is -1.50. The van der Waals surface area contributed by atoms with Gasteiger partial charge in [-0.25, -0.2) is 0 Å². The Balaban J connectivity index is 1.55. The van der Waals surface area contributed by atoms with Gasteiger partial charge in [0.05, 0.1) is 6.04 Å². The van der Waals surface area contributed by atoms with E-state index >= 15 is 0 Å². The van der Waals surface area contributed by atoms with E-state index in [1.807, 2.05) is 78.6 Å². The largest absolute Gasteiger partial charge is 0.352 e. The first-order chi connectivity index (χ1) is 18.9. The molecule has 0 unspecified atom stereocenters. The highest BCUT2D eigenvalue weighted by atomic mass is 35.5. The Kier molecular flexibility index (Phi) is 5.26. The third-order valence-electron chi connectivity index (χ3n) is 8.53. The van der Waals surface area contributed by atoms with Gasteiger partial charge in [0, 0.05) is 33.3 Å². The average Bonchev–Trinajstić information content (AvgIpc) is 3.39. The summed E-state index contributed by atoms with van der Waals surface area (Å²) in [5.74, 6) is -1.30. The van der Waals surface area contributed by atoms with E-state index in [0.29, 0.717) is 21.7 Å². The Morgan fingerprint density at radius 1 is 0.821 bits per heavy atom. The van der Waals surface area contributed by atoms with Gasteiger partial charge < -0.3 is 4.90 Å². The molecule has 39 heavy (non-hydrogen) atoms. The van der Waals surface area contributed by atoms with Gasteiger partial charge >= 0.3 is 0 Å². The van der Waals surface area contributed by atoms with Crippen molar-refractivity contribution in [3.63, 3.8) is 0 Å². The van der Waals surface area contributed by atoms with Crippen molar-refractivity contribution in [2.24, 2.45) is 5.41 Å². The summed E-state index contributed by atoms with van der Waals surface area (Å²) >= 11 is 6.35. The van der Waals surface area contributed by atoms with Crippen LogP contribution in [0.4, 0.5) is 5.69 Å². The average molecular weight is 530 g/mol. The molecular formula is C34H24ClNO3. The smallest absolute Gasteiger partial charge is 0.185 e. The van der Waals surface area contributed by atoms with Gasteiger partial charge in [-0.05, 0) is 36.2 Å². The molecule has 0 radical (unpaired) electrons. The van der Waals surface area contributed by atoms with Crippen molar-refractivity contribution >= 4 is 40.7 Å². The van der Waals surface area contributed by atoms with Gasteiger partial charge in [0.15, 0.2) is 17.3 Å². The van der Waals surface area contributed by atoms with Crippen molar-refractivity contribution in [3.05, 3.63) is 142 Å². The number of ketones is 3. The zero-order valence-corrected chi connectivity index (χ0v) is 21.9. The van der Waals surface area contributed by atoms with Crippen LogP contribution in [0.2, 0.25) is 5.02 Å². The van der Waals surface area contributed by atoms with Crippen LogP contribution in [0.15, 0.2) is 103 Å². The van der Waals surface area contributed by atoms with E-state index < -0.39 is 23.4 Å². The van der Waals surface area contributed by atoms with Crippen molar-refractivity contribution in [1.29, 1.82) is 0 Å². The first-order valence-corrected chi connectivity index (χ1v) is 13.4. The van der Waals surface area contributed by atoms with Crippen molar-refractivity contribution in [1.82, 2.24) is 0 Å². The fourth-order valence-electron chi connectivity index (χ4n) is 6.87. The molecule has 7 rings (SSSR count). The maximum Gasteiger partial charge on any atom is 0.185 e. The molecule has 4 aromatic carbocycles. The second-order valence-corrected chi connectivity index (χ2v) is 11.0. The molecule has 0 amide bonds. The lowest BCUT2D eigenvalue weighted by atomic mass is 9.64. The number of fused-ring (bicyclic) bond motifs is 5. The Hall–Kier alpha value is -4.28. The van der Waals surface area contributed by atoms with E-state index in [1.165, 1.54) is 0 Å². The number of anilines is 1. The second-order valence-electron chi connectivity index (χ2n) is 10.6. The van der Waals surface area contributed by atoms with Crippen LogP contribution in [0.5, 0.6) is 0 Å². The summed E-state index contributed by atoms with van der Waals surface area (Å²) in [5, 5.41) is 0.576. The van der Waals surface area contributed by atoms with Crippen LogP contribution in [0.1, 0.15) is 53.7 Å². The van der Waals surface area contributed by atoms with Crippen LogP contribution in [0, 0.1) is 12.3 Å². The van der Waals surface area contributed by atoms with E-state index in [9.17, 15) is 14.4 Å². The van der Waals surface area contributed by atoms with Crippen LogP contribution < -0.4 is 4.90 Å². The summed E-state index contributed by atoms with van der Waals surface area (Å²) in [6.45, 7) is 1.99. The third-order valence-corrected chi connectivity index (χ3v) is 8.76. The minimum Gasteiger partial charge on any atom is -0.352 e. The highest BCUT2D eigenvalue weighted by Gasteiger charge is 2.71. The van der Waals surface area contributed by atoms with Crippen molar-refractivity contribution in [2.45, 2.75) is 24.9 Å². The van der Waals surface area contributed by atoms with Gasteiger partial charge in [0.1, 0.15) is 11.5 Å². The molecule has 0 aromatic heterocycles. The number of carbonyl (C=O) groups excluding carboxylic acids is 3. The highest BCUT2D eigenvalue weighted by Crippen LogP contribution is 2.61. The Morgan fingerprint density at radius 2 is 1.46 bits per heavy atom. The maximum atomic E-state index is 14.6. The number of halogens is 1. The van der Waals surface area contributed by atoms with Gasteiger partial charge in [0.2, 0.25) is 0 Å². The lowest BCUT2D eigenvalue weighted by molar-refractivity contribution is 0.0666. The van der Waals surface area contributed by atoms with Crippen LogP contribution >= 0.6 is 11.6 Å². The number of hydrogen-bond acceptors (Lipinski definition) is 4. The molecule has 0 saturated carbocycles. The molecular weight excluding hydrogens is 506 g/mol. The van der Waals surface area contributed by atoms with Crippen LogP contribution in [-0.2, 0) is 0 Å². The molecule has 0 bridgehead atoms. The van der Waals surface area contributed by atoms with E-state index in [2.05, 4.69) is 0 Å². The summed E-state index contributed by atoms with van der Waals surface area (Å²) in [6.07, 6.45) is 3.84. The summed E-state index contributed by atoms with van der Waals surface area (Å²) in [5.41, 5.74) is 3.36. The molecule has 3 aliphatic rings. The predicted molar refractivity (Wildman–Crippen MR) is 153 cm³/mol. The highest BCUT2D eigenvalue weighted by molar-refractivity contribution is 6.32. The summed E-state index contributed by atoms with van der Waals surface area (Å²) in [6, 6.07) is 28.1. The van der Waals surface area contributed by atoms with Crippen LogP contribution in [0.25, 0.3) is 6.08 Å². The van der Waals surface area contributed by atoms with Crippen LogP contribution in [0.3, 0.4) is 0 Å². The van der Waals surface area contributed by atoms with E-state index in [0.717, 1.165) is 22.4 Å². The van der Waals surface area contributed by atoms with Gasteiger partial charge in [-0.2, -0.15) is 0 Å². The van der Waals surface area contributed by atoms with Crippen molar-refractivity contribution in [2.75, 3.05) is 4.90 Å². The molecule has 0 N–H and O–H groups in total. The summed E-state index contributed by atoms with van der Waals surface area (Å²) in [4.78, 5) is 45.7. The number of aryl methyl sites for hydroxylation is 1. The normalized spacial score (nSPS) is 22.1. The van der Waals surface area contributed by atoms with E-state index in [4.69, 9.17) is 11.6 Å². The molecule has 1 spiro atoms. The molecule has 2 aliphatic heterocycles. The fourth-order valence-corrected chi connectivity index (χ4v) is 7.05. The predicted octanol–water partition coefficient (Wildman–Crippen LogP) is 6.96. The van der Waals surface area contributed by atoms with Gasteiger partial charge in [-0.3, -0.25) is 14.4 Å². The first-order valence-electron chi connectivity index (χ1n) is 13.0. The number of carbonyl (C=O) groups is 3. The molecule has 5 heteroatoms. The monoisotopic (exact) mass is 529 g/mol. The standard InChI is InChI=1S/C34H24ClNO3/c1-20-11-13-21(14-12-20)29-30(31(37)22-7-3-2-4-8-22)36-27-17-16-24(35)19-23(27)15-18-28(36)34(29)32(38)25-9-5-6-10-26(25)33(34)39/h2-19,28-30H,1H3/t28-,29-,30+/m0/s1. The van der Waals surface area contributed by atoms with Gasteiger partial charge in [-0.15, -0.1) is 0 Å². The Bertz CT molecular complexity index is 1670. The number of Topliss-reactive ketones (excluding diaryl/α,β-unsaturated/α-hetero) is 3. The van der Waals surface area contributed by atoms with E-state index in [1.54, 1.807) is 42.5 Å². The molecule has 2 heterocycles. The lowest BCUT2D eigenvalue weighted by Crippen LogP contribution is -2.48. The molecule has 1 fully saturated rings. The fraction of sp³-hybridized carbons (Fsp3) is 0.147. The topological polar surface area (TPSA) is 54.5 Å². The first kappa shape index (κ1) is 23.8. The lowest BCUT2D eigenvalue weighted by Gasteiger charge is -2.37. The Labute approximate surface area is 231 Å². The quantitative estimate of drug-likeness (QED) is 0.212. The number of benzene rings is 4. The minimum absolute atomic E-state index is 0.129. The Morgan fingerprint density at radius 3 is 2.13 bits per heavy atom. The molecule has 4 aromatic rings. The molecule has 1 saturated heterocycles. The molecule has 4 nitrogen and oxygen atoms in total. The molecule has 190 valence electrons. The van der Waals surface area contributed by atoms with Crippen LogP contribution in [-0.4, -0.2) is 29.4 Å². The second kappa shape index (κ2) is 8.62. The van der Waals surface area contributed by atoms with Gasteiger partial charge in [-0.1, -0.05) is 108 Å². The van der Waals surface area contributed by atoms with Gasteiger partial charge in [0.25, 0.3) is 0 Å². The number of hydrogen-bond donors (Lipinski definition) is 0. The SMILES string of the molecule is Cc1ccc([C@H]2[C@H](C(=O)c3ccccc3)N3c4ccc(Cl)cc4C=C[C@H]3C23C(=O)c2ccccc2C3=O)cc1. The molecule has 3 atom stereocenters. The zero-order valence-electron chi connectivity index (χ0n) is 21.2. The maximum absolute atomic E-state index is 14.6.